The molecule has 0 aliphatic carbocycles. The van der Waals surface area contributed by atoms with E-state index in [1.54, 1.807) is 25.6 Å². The van der Waals surface area contributed by atoms with Gasteiger partial charge >= 0.3 is 0 Å². The van der Waals surface area contributed by atoms with Gasteiger partial charge in [-0.15, -0.1) is 11.3 Å². The fourth-order valence-corrected chi connectivity index (χ4v) is 3.57. The number of thiophene rings is 1. The fourth-order valence-electron chi connectivity index (χ4n) is 2.87. The molecule has 7 heteroatoms. The first-order chi connectivity index (χ1) is 12.6. The van der Waals surface area contributed by atoms with E-state index in [-0.39, 0.29) is 6.04 Å². The first-order valence-electron chi connectivity index (χ1n) is 8.57. The van der Waals surface area contributed by atoms with Crippen LogP contribution >= 0.6 is 11.3 Å². The molecule has 0 amide bonds. The summed E-state index contributed by atoms with van der Waals surface area (Å²) in [4.78, 5) is 5.98. The zero-order valence-corrected chi connectivity index (χ0v) is 16.1. The molecule has 0 aliphatic heterocycles. The normalized spacial score (nSPS) is 12.2. The van der Waals surface area contributed by atoms with Gasteiger partial charge < -0.3 is 15.2 Å². The van der Waals surface area contributed by atoms with Gasteiger partial charge in [0.1, 0.15) is 5.82 Å². The molecule has 2 aromatic heterocycles. The van der Waals surface area contributed by atoms with Crippen molar-refractivity contribution in [2.24, 2.45) is 5.73 Å². The second-order valence-electron chi connectivity index (χ2n) is 5.94. The highest BCUT2D eigenvalue weighted by atomic mass is 32.1. The summed E-state index contributed by atoms with van der Waals surface area (Å²) in [5.41, 5.74) is 7.42. The minimum Gasteiger partial charge on any atom is -0.493 e. The maximum atomic E-state index is 6.44. The van der Waals surface area contributed by atoms with Crippen LogP contribution in [0.5, 0.6) is 11.5 Å². The number of hydrogen-bond donors (Lipinski definition) is 1. The van der Waals surface area contributed by atoms with Crippen molar-refractivity contribution in [2.75, 3.05) is 14.2 Å². The minimum atomic E-state index is -0.195. The average molecular weight is 372 g/mol. The van der Waals surface area contributed by atoms with E-state index in [2.05, 4.69) is 23.5 Å². The Kier molecular flexibility index (Phi) is 5.90. The predicted molar refractivity (Wildman–Crippen MR) is 103 cm³/mol. The van der Waals surface area contributed by atoms with Crippen LogP contribution in [0.4, 0.5) is 0 Å². The highest BCUT2D eigenvalue weighted by molar-refractivity contribution is 7.09. The molecule has 0 saturated heterocycles. The van der Waals surface area contributed by atoms with Crippen molar-refractivity contribution in [3.63, 3.8) is 0 Å². The Hall–Kier alpha value is -2.38. The van der Waals surface area contributed by atoms with E-state index >= 15 is 0 Å². The topological polar surface area (TPSA) is 75.2 Å². The molecule has 0 fully saturated rings. The third kappa shape index (κ3) is 4.05. The van der Waals surface area contributed by atoms with Crippen LogP contribution in [-0.4, -0.2) is 29.0 Å². The molecule has 1 aromatic carbocycles. The van der Waals surface area contributed by atoms with Crippen molar-refractivity contribution >= 4 is 11.3 Å². The molecule has 2 heterocycles. The van der Waals surface area contributed by atoms with Gasteiger partial charge in [-0.3, -0.25) is 4.68 Å². The molecule has 1 unspecified atom stereocenters. The molecule has 26 heavy (non-hydrogen) atoms. The Morgan fingerprint density at radius 2 is 2.00 bits per heavy atom. The van der Waals surface area contributed by atoms with Gasteiger partial charge in [0, 0.05) is 30.3 Å². The van der Waals surface area contributed by atoms with Gasteiger partial charge in [-0.2, -0.15) is 5.10 Å². The lowest BCUT2D eigenvalue weighted by Crippen LogP contribution is -2.17. The van der Waals surface area contributed by atoms with Crippen LogP contribution < -0.4 is 15.2 Å². The van der Waals surface area contributed by atoms with Crippen molar-refractivity contribution in [3.05, 3.63) is 57.8 Å². The minimum absolute atomic E-state index is 0.195. The van der Waals surface area contributed by atoms with Crippen molar-refractivity contribution in [1.29, 1.82) is 0 Å². The fraction of sp³-hybridized carbons (Fsp3) is 0.368. The summed E-state index contributed by atoms with van der Waals surface area (Å²) in [7, 11) is 3.24. The predicted octanol–water partition coefficient (Wildman–Crippen LogP) is 3.21. The lowest BCUT2D eigenvalue weighted by Gasteiger charge is -2.15. The third-order valence-electron chi connectivity index (χ3n) is 4.24. The van der Waals surface area contributed by atoms with Gasteiger partial charge in [-0.25, -0.2) is 4.98 Å². The van der Waals surface area contributed by atoms with Gasteiger partial charge in [0.2, 0.25) is 0 Å². The summed E-state index contributed by atoms with van der Waals surface area (Å²) in [5.74, 6) is 3.11. The van der Waals surface area contributed by atoms with Gasteiger partial charge in [-0.1, -0.05) is 12.1 Å². The molecule has 1 atom stereocenters. The second kappa shape index (κ2) is 8.33. The lowest BCUT2D eigenvalue weighted by molar-refractivity contribution is 0.354. The van der Waals surface area contributed by atoms with E-state index in [0.29, 0.717) is 17.9 Å². The van der Waals surface area contributed by atoms with Crippen LogP contribution in [0.15, 0.2) is 35.7 Å². The maximum Gasteiger partial charge on any atom is 0.161 e. The number of nitrogens with two attached hydrogens (primary N) is 1. The monoisotopic (exact) mass is 372 g/mol. The molecular weight excluding hydrogens is 348 g/mol. The molecule has 3 rings (SSSR count). The Morgan fingerprint density at radius 3 is 2.65 bits per heavy atom. The number of hydrogen-bond acceptors (Lipinski definition) is 6. The van der Waals surface area contributed by atoms with Crippen LogP contribution in [0.25, 0.3) is 0 Å². The summed E-state index contributed by atoms with van der Waals surface area (Å²) in [6.07, 6.45) is 1.37. The van der Waals surface area contributed by atoms with Crippen LogP contribution in [0, 0.1) is 0 Å². The van der Waals surface area contributed by atoms with Crippen LogP contribution in [0.2, 0.25) is 0 Å². The summed E-state index contributed by atoms with van der Waals surface area (Å²) in [6, 6.07) is 9.71. The van der Waals surface area contributed by atoms with E-state index < -0.39 is 0 Å². The van der Waals surface area contributed by atoms with Gasteiger partial charge in [0.05, 0.1) is 14.2 Å². The van der Waals surface area contributed by atoms with E-state index in [9.17, 15) is 0 Å². The average Bonchev–Trinajstić information content (AvgIpc) is 3.31. The van der Waals surface area contributed by atoms with E-state index in [1.165, 1.54) is 4.88 Å². The summed E-state index contributed by atoms with van der Waals surface area (Å²) in [5, 5.41) is 6.69. The number of methoxy groups -OCH3 is 2. The summed E-state index contributed by atoms with van der Waals surface area (Å²) in [6.45, 7) is 2.83. The van der Waals surface area contributed by atoms with Gasteiger partial charge in [-0.05, 0) is 36.1 Å². The Bertz CT molecular complexity index is 845. The number of aromatic nitrogens is 3. The van der Waals surface area contributed by atoms with Gasteiger partial charge in [0.25, 0.3) is 0 Å². The SMILES string of the molecule is CCn1nc(Cc2cccs2)nc1CC(N)c1ccc(OC)c(OC)c1. The molecule has 0 spiro atoms. The summed E-state index contributed by atoms with van der Waals surface area (Å²) < 4.78 is 12.6. The van der Waals surface area contributed by atoms with E-state index in [1.807, 2.05) is 28.9 Å². The molecule has 6 nitrogen and oxygen atoms in total. The number of benzene rings is 1. The van der Waals surface area contributed by atoms with Crippen molar-refractivity contribution in [2.45, 2.75) is 32.4 Å². The van der Waals surface area contributed by atoms with Crippen LogP contribution in [-0.2, 0) is 19.4 Å². The van der Waals surface area contributed by atoms with Crippen LogP contribution in [0.1, 0.15) is 35.1 Å². The molecule has 2 N–H and O–H groups in total. The molecular formula is C19H24N4O2S. The first kappa shape index (κ1) is 18.4. The van der Waals surface area contributed by atoms with Crippen LogP contribution in [0.3, 0.4) is 0 Å². The van der Waals surface area contributed by atoms with Crippen molar-refractivity contribution in [3.8, 4) is 11.5 Å². The third-order valence-corrected chi connectivity index (χ3v) is 5.12. The Balaban J connectivity index is 1.78. The molecule has 0 radical (unpaired) electrons. The standard InChI is InChI=1S/C19H24N4O2S/c1-4-23-19(21-18(22-23)11-14-6-5-9-26-14)12-15(20)13-7-8-16(24-2)17(10-13)25-3/h5-10,15H,4,11-12,20H2,1-3H3. The molecule has 0 bridgehead atoms. The highest BCUT2D eigenvalue weighted by Crippen LogP contribution is 2.30. The number of ether oxygens (including phenoxy) is 2. The molecule has 0 aliphatic rings. The smallest absolute Gasteiger partial charge is 0.161 e. The largest absolute Gasteiger partial charge is 0.493 e. The summed E-state index contributed by atoms with van der Waals surface area (Å²) >= 11 is 1.72. The van der Waals surface area contributed by atoms with E-state index in [0.717, 1.165) is 30.2 Å². The van der Waals surface area contributed by atoms with E-state index in [4.69, 9.17) is 20.2 Å². The van der Waals surface area contributed by atoms with Crippen molar-refractivity contribution in [1.82, 2.24) is 14.8 Å². The zero-order valence-electron chi connectivity index (χ0n) is 15.3. The maximum absolute atomic E-state index is 6.44. The van der Waals surface area contributed by atoms with Gasteiger partial charge in [0.15, 0.2) is 17.3 Å². The number of aryl methyl sites for hydroxylation is 1. The Morgan fingerprint density at radius 1 is 1.19 bits per heavy atom. The number of rotatable bonds is 8. The Labute approximate surface area is 157 Å². The lowest BCUT2D eigenvalue weighted by atomic mass is 10.0. The number of nitrogens with zero attached hydrogens (tertiary/aromatic N) is 3. The second-order valence-corrected chi connectivity index (χ2v) is 6.97. The molecule has 138 valence electrons. The molecule has 3 aromatic rings. The quantitative estimate of drug-likeness (QED) is 0.657. The highest BCUT2D eigenvalue weighted by Gasteiger charge is 2.16. The molecule has 0 saturated carbocycles. The van der Waals surface area contributed by atoms with Crippen molar-refractivity contribution < 1.29 is 9.47 Å². The zero-order chi connectivity index (χ0) is 18.5. The first-order valence-corrected chi connectivity index (χ1v) is 9.45.